The van der Waals surface area contributed by atoms with Crippen LogP contribution in [0.5, 0.6) is 17.2 Å². The Morgan fingerprint density at radius 3 is 2.45 bits per heavy atom. The molecule has 1 fully saturated rings. The van der Waals surface area contributed by atoms with Gasteiger partial charge in [0.1, 0.15) is 18.1 Å². The van der Waals surface area contributed by atoms with Gasteiger partial charge in [-0.15, -0.1) is 10.1 Å². The summed E-state index contributed by atoms with van der Waals surface area (Å²) in [6.07, 6.45) is 14.9. The molecule has 0 aliphatic heterocycles. The molecular formula is C39H51NO11. The Morgan fingerprint density at radius 2 is 1.69 bits per heavy atom. The van der Waals surface area contributed by atoms with E-state index in [2.05, 4.69) is 11.8 Å². The van der Waals surface area contributed by atoms with Crippen LogP contribution >= 0.6 is 0 Å². The molecule has 51 heavy (non-hydrogen) atoms. The molecule has 1 aliphatic rings. The van der Waals surface area contributed by atoms with Crippen LogP contribution in [0.1, 0.15) is 102 Å². The SMILES string of the molecule is CCCCCCCC(=O)CC[C@@H]1[C@@H](C/C=C\CCCC(=O)Oc2ccc(/C=C/C(=O)Oc3cccc(CO[N+](=O)[O-])c3)cc2OC)[C@@H](O)C[C@H]1O. The van der Waals surface area contributed by atoms with Crippen LogP contribution in [0.2, 0.25) is 0 Å². The van der Waals surface area contributed by atoms with Crippen LogP contribution < -0.4 is 14.2 Å². The average molecular weight is 710 g/mol. The molecule has 2 aromatic carbocycles. The number of unbranched alkanes of at least 4 members (excludes halogenated alkanes) is 5. The van der Waals surface area contributed by atoms with Gasteiger partial charge in [-0.25, -0.2) is 4.79 Å². The zero-order chi connectivity index (χ0) is 37.0. The Hall–Kier alpha value is -4.55. The minimum atomic E-state index is -0.903. The third-order valence-electron chi connectivity index (χ3n) is 8.94. The summed E-state index contributed by atoms with van der Waals surface area (Å²) in [7, 11) is 1.44. The molecule has 0 saturated heterocycles. The summed E-state index contributed by atoms with van der Waals surface area (Å²) in [5, 5.41) is 30.6. The van der Waals surface area contributed by atoms with E-state index >= 15 is 0 Å². The number of allylic oxidation sites excluding steroid dienone is 2. The van der Waals surface area contributed by atoms with Crippen LogP contribution in [-0.4, -0.2) is 52.3 Å². The fraction of sp³-hybridized carbons (Fsp3) is 0.513. The van der Waals surface area contributed by atoms with Crippen molar-refractivity contribution in [2.45, 2.75) is 109 Å². The Bertz CT molecular complexity index is 1490. The number of ketones is 1. The molecule has 0 radical (unpaired) electrons. The zero-order valence-corrected chi connectivity index (χ0v) is 29.6. The number of benzene rings is 2. The van der Waals surface area contributed by atoms with Gasteiger partial charge >= 0.3 is 11.9 Å². The lowest BCUT2D eigenvalue weighted by atomic mass is 9.86. The van der Waals surface area contributed by atoms with Gasteiger partial charge in [-0.3, -0.25) is 9.59 Å². The smallest absolute Gasteiger partial charge is 0.336 e. The second kappa shape index (κ2) is 22.3. The monoisotopic (exact) mass is 709 g/mol. The molecule has 3 rings (SSSR count). The average Bonchev–Trinajstić information content (AvgIpc) is 3.38. The number of carbonyl (C=O) groups excluding carboxylic acids is 3. The van der Waals surface area contributed by atoms with Crippen LogP contribution in [0.15, 0.2) is 60.7 Å². The number of hydrogen-bond acceptors (Lipinski definition) is 11. The van der Waals surface area contributed by atoms with Gasteiger partial charge in [0.2, 0.25) is 0 Å². The molecule has 0 amide bonds. The van der Waals surface area contributed by atoms with Crippen LogP contribution in [0.25, 0.3) is 6.08 Å². The van der Waals surface area contributed by atoms with Crippen LogP contribution in [0.4, 0.5) is 0 Å². The van der Waals surface area contributed by atoms with Crippen molar-refractivity contribution in [3.8, 4) is 17.2 Å². The van der Waals surface area contributed by atoms with E-state index in [1.165, 1.54) is 44.2 Å². The lowest BCUT2D eigenvalue weighted by molar-refractivity contribution is -0.763. The topological polar surface area (TPSA) is 172 Å². The van der Waals surface area contributed by atoms with Crippen LogP contribution in [0, 0.1) is 22.0 Å². The second-order valence-corrected chi connectivity index (χ2v) is 12.8. The molecule has 0 unspecified atom stereocenters. The van der Waals surface area contributed by atoms with Crippen molar-refractivity contribution >= 4 is 23.8 Å². The van der Waals surface area contributed by atoms with E-state index in [1.54, 1.807) is 30.3 Å². The lowest BCUT2D eigenvalue weighted by Crippen LogP contribution is -2.22. The zero-order valence-electron chi connectivity index (χ0n) is 29.6. The van der Waals surface area contributed by atoms with E-state index in [1.807, 2.05) is 12.2 Å². The molecule has 2 aromatic rings. The summed E-state index contributed by atoms with van der Waals surface area (Å²) in [5.74, 6) is -0.328. The third kappa shape index (κ3) is 15.1. The highest BCUT2D eigenvalue weighted by Crippen LogP contribution is 2.38. The quantitative estimate of drug-likeness (QED) is 0.0229. The molecule has 12 nitrogen and oxygen atoms in total. The predicted octanol–water partition coefficient (Wildman–Crippen LogP) is 7.11. The van der Waals surface area contributed by atoms with Crippen molar-refractivity contribution in [3.05, 3.63) is 81.9 Å². The summed E-state index contributed by atoms with van der Waals surface area (Å²) in [6, 6.07) is 11.0. The van der Waals surface area contributed by atoms with Gasteiger partial charge in [0.05, 0.1) is 19.3 Å². The largest absolute Gasteiger partial charge is 0.493 e. The molecule has 0 bridgehead atoms. The van der Waals surface area contributed by atoms with Crippen molar-refractivity contribution < 1.29 is 48.7 Å². The number of carbonyl (C=O) groups is 3. The molecule has 1 saturated carbocycles. The summed E-state index contributed by atoms with van der Waals surface area (Å²) in [5.41, 5.74) is 1.06. The van der Waals surface area contributed by atoms with Gasteiger partial charge in [-0.05, 0) is 91.8 Å². The highest BCUT2D eigenvalue weighted by atomic mass is 16.9. The first-order valence-electron chi connectivity index (χ1n) is 17.8. The Balaban J connectivity index is 1.39. The number of ether oxygens (including phenoxy) is 3. The van der Waals surface area contributed by atoms with E-state index in [0.29, 0.717) is 61.8 Å². The molecule has 0 heterocycles. The molecule has 2 N–H and O–H groups in total. The van der Waals surface area contributed by atoms with Gasteiger partial charge in [0, 0.05) is 25.3 Å². The summed E-state index contributed by atoms with van der Waals surface area (Å²) >= 11 is 0. The number of rotatable bonds is 23. The second-order valence-electron chi connectivity index (χ2n) is 12.8. The number of nitrogens with zero attached hydrogens (tertiary/aromatic N) is 1. The summed E-state index contributed by atoms with van der Waals surface area (Å²) in [6.45, 7) is 1.89. The van der Waals surface area contributed by atoms with Crippen molar-refractivity contribution in [3.63, 3.8) is 0 Å². The van der Waals surface area contributed by atoms with Gasteiger partial charge in [-0.1, -0.05) is 63.0 Å². The number of aliphatic hydroxyl groups excluding tert-OH is 2. The summed E-state index contributed by atoms with van der Waals surface area (Å²) < 4.78 is 16.2. The molecule has 0 aromatic heterocycles. The highest BCUT2D eigenvalue weighted by Gasteiger charge is 2.40. The maximum Gasteiger partial charge on any atom is 0.336 e. The number of Topliss-reactive ketones (excluding diaryl/α,β-unsaturated/α-hetero) is 1. The fourth-order valence-corrected chi connectivity index (χ4v) is 6.21. The summed E-state index contributed by atoms with van der Waals surface area (Å²) in [4.78, 5) is 52.0. The number of methoxy groups -OCH3 is 1. The lowest BCUT2D eigenvalue weighted by Gasteiger charge is -2.22. The first kappa shape index (κ1) is 40.9. The van der Waals surface area contributed by atoms with Gasteiger partial charge in [-0.2, -0.15) is 0 Å². The molecule has 1 aliphatic carbocycles. The van der Waals surface area contributed by atoms with Crippen molar-refractivity contribution in [1.29, 1.82) is 0 Å². The Kier molecular flexibility index (Phi) is 17.9. The van der Waals surface area contributed by atoms with Crippen LogP contribution in [0.3, 0.4) is 0 Å². The molecular weight excluding hydrogens is 658 g/mol. The van der Waals surface area contributed by atoms with E-state index in [-0.39, 0.29) is 42.1 Å². The van der Waals surface area contributed by atoms with Gasteiger partial charge in [0.15, 0.2) is 11.5 Å². The van der Waals surface area contributed by atoms with Crippen molar-refractivity contribution in [1.82, 2.24) is 0 Å². The standard InChI is InChI=1S/C39H51NO11/c1-3-4-5-6-9-14-30(41)20-21-33-32(34(42)26-35(33)43)16-10-7-8-11-17-38(44)51-36-22-18-28(25-37(36)48-2)19-23-39(45)50-31-15-12-13-29(24-31)27-49-40(46)47/h7,10,12-13,15,18-19,22-25,32-35,42-43H,3-6,8-9,11,14,16-17,20-21,26-27H2,1-2H3/b10-7-,23-19+/t32-,33-,34+,35-/m1/s1. The maximum absolute atomic E-state index is 12.5. The first-order valence-corrected chi connectivity index (χ1v) is 17.8. The molecule has 4 atom stereocenters. The van der Waals surface area contributed by atoms with Crippen molar-refractivity contribution in [2.24, 2.45) is 11.8 Å². The number of hydrogen-bond donors (Lipinski definition) is 2. The van der Waals surface area contributed by atoms with Crippen LogP contribution in [-0.2, 0) is 25.8 Å². The minimum Gasteiger partial charge on any atom is -0.493 e. The fourth-order valence-electron chi connectivity index (χ4n) is 6.21. The number of esters is 2. The molecule has 12 heteroatoms. The van der Waals surface area contributed by atoms with Gasteiger partial charge < -0.3 is 29.3 Å². The maximum atomic E-state index is 12.5. The van der Waals surface area contributed by atoms with E-state index in [0.717, 1.165) is 19.3 Å². The number of aliphatic hydroxyl groups is 2. The van der Waals surface area contributed by atoms with E-state index < -0.39 is 29.2 Å². The van der Waals surface area contributed by atoms with Gasteiger partial charge in [0.25, 0.3) is 5.09 Å². The highest BCUT2D eigenvalue weighted by molar-refractivity contribution is 5.89. The third-order valence-corrected chi connectivity index (χ3v) is 8.94. The minimum absolute atomic E-state index is 0.101. The van der Waals surface area contributed by atoms with E-state index in [9.17, 15) is 34.7 Å². The Labute approximate surface area is 299 Å². The predicted molar refractivity (Wildman–Crippen MR) is 190 cm³/mol. The van der Waals surface area contributed by atoms with Crippen molar-refractivity contribution in [2.75, 3.05) is 7.11 Å². The molecule has 278 valence electrons. The van der Waals surface area contributed by atoms with E-state index in [4.69, 9.17) is 14.2 Å². The normalized spacial score (nSPS) is 18.6. The first-order chi connectivity index (χ1) is 24.6. The Morgan fingerprint density at radius 1 is 0.902 bits per heavy atom. The molecule has 0 spiro atoms.